The van der Waals surface area contributed by atoms with E-state index in [1.165, 1.54) is 27.8 Å². The zero-order valence-electron chi connectivity index (χ0n) is 21.9. The largest absolute Gasteiger partial charge is 0.493 e. The predicted molar refractivity (Wildman–Crippen MR) is 141 cm³/mol. The maximum Gasteiger partial charge on any atom is 0.122 e. The Hall–Kier alpha value is -1.84. The van der Waals surface area contributed by atoms with E-state index in [0.29, 0.717) is 5.92 Å². The maximum atomic E-state index is 10.2. The summed E-state index contributed by atoms with van der Waals surface area (Å²) < 4.78 is 6.06. The highest BCUT2D eigenvalue weighted by molar-refractivity contribution is 5.47. The van der Waals surface area contributed by atoms with Crippen LogP contribution in [0.2, 0.25) is 0 Å². The third-order valence-electron chi connectivity index (χ3n) is 7.41. The standard InChI is InChI=1S/C30H47NO2/c1-7-30(8-2,26-14-12-25(23(5)20-26)13-16-28(32)22(3)4)27-15-17-29(24(6)21-27)33-19-11-9-10-18-31/h12,14-15,17,20-22,28,32H,7-11,13,16,18-19,31H2,1-6H3. The van der Waals surface area contributed by atoms with Crippen LogP contribution in [-0.4, -0.2) is 24.4 Å². The van der Waals surface area contributed by atoms with Crippen molar-refractivity contribution in [1.82, 2.24) is 0 Å². The molecule has 0 aliphatic heterocycles. The van der Waals surface area contributed by atoms with Crippen LogP contribution in [0.5, 0.6) is 5.75 Å². The third kappa shape index (κ3) is 7.07. The molecule has 0 saturated carbocycles. The van der Waals surface area contributed by atoms with Gasteiger partial charge in [-0.15, -0.1) is 0 Å². The van der Waals surface area contributed by atoms with E-state index in [1.807, 2.05) is 0 Å². The van der Waals surface area contributed by atoms with Crippen molar-refractivity contribution in [3.63, 3.8) is 0 Å². The molecule has 1 unspecified atom stereocenters. The van der Waals surface area contributed by atoms with Crippen LogP contribution in [0.15, 0.2) is 36.4 Å². The summed E-state index contributed by atoms with van der Waals surface area (Å²) in [5.74, 6) is 1.29. The first-order valence-corrected chi connectivity index (χ1v) is 13.0. The minimum Gasteiger partial charge on any atom is -0.493 e. The Labute approximate surface area is 202 Å². The van der Waals surface area contributed by atoms with E-state index >= 15 is 0 Å². The van der Waals surface area contributed by atoms with E-state index in [-0.39, 0.29) is 11.5 Å². The van der Waals surface area contributed by atoms with Crippen LogP contribution in [0.4, 0.5) is 0 Å². The number of ether oxygens (including phenoxy) is 1. The molecule has 3 N–H and O–H groups in total. The van der Waals surface area contributed by atoms with Crippen molar-refractivity contribution in [1.29, 1.82) is 0 Å². The Kier molecular flexibility index (Phi) is 10.9. The van der Waals surface area contributed by atoms with Gasteiger partial charge in [0.2, 0.25) is 0 Å². The van der Waals surface area contributed by atoms with Gasteiger partial charge in [-0.3, -0.25) is 0 Å². The Morgan fingerprint density at radius 1 is 0.909 bits per heavy atom. The molecule has 33 heavy (non-hydrogen) atoms. The predicted octanol–water partition coefficient (Wildman–Crippen LogP) is 6.87. The van der Waals surface area contributed by atoms with E-state index in [9.17, 15) is 5.11 Å². The van der Waals surface area contributed by atoms with Gasteiger partial charge >= 0.3 is 0 Å². The van der Waals surface area contributed by atoms with E-state index in [2.05, 4.69) is 77.9 Å². The second kappa shape index (κ2) is 13.2. The van der Waals surface area contributed by atoms with Gasteiger partial charge in [-0.25, -0.2) is 0 Å². The van der Waals surface area contributed by atoms with Crippen LogP contribution in [-0.2, 0) is 11.8 Å². The number of aliphatic hydroxyl groups excluding tert-OH is 1. The monoisotopic (exact) mass is 453 g/mol. The number of unbranched alkanes of at least 4 members (excludes halogenated alkanes) is 2. The Bertz CT molecular complexity index is 854. The summed E-state index contributed by atoms with van der Waals surface area (Å²) in [6, 6.07) is 13.7. The van der Waals surface area contributed by atoms with Crippen LogP contribution in [0, 0.1) is 19.8 Å². The lowest BCUT2D eigenvalue weighted by Gasteiger charge is -2.34. The SMILES string of the molecule is CCC(CC)(c1ccc(CCC(O)C(C)C)c(C)c1)c1ccc(OCCCCCN)c(C)c1. The highest BCUT2D eigenvalue weighted by Gasteiger charge is 2.31. The number of aryl methyl sites for hydroxylation is 3. The molecule has 0 fully saturated rings. The highest BCUT2D eigenvalue weighted by atomic mass is 16.5. The average molecular weight is 454 g/mol. The molecule has 2 rings (SSSR count). The summed E-state index contributed by atoms with van der Waals surface area (Å²) in [6.07, 6.45) is 6.83. The van der Waals surface area contributed by atoms with Crippen molar-refractivity contribution >= 4 is 0 Å². The third-order valence-corrected chi connectivity index (χ3v) is 7.41. The van der Waals surface area contributed by atoms with E-state index in [1.54, 1.807) is 0 Å². The Balaban J connectivity index is 2.23. The van der Waals surface area contributed by atoms with Crippen LogP contribution < -0.4 is 10.5 Å². The smallest absolute Gasteiger partial charge is 0.122 e. The van der Waals surface area contributed by atoms with Gasteiger partial charge in [0, 0.05) is 5.41 Å². The summed E-state index contributed by atoms with van der Waals surface area (Å²) in [4.78, 5) is 0. The fraction of sp³-hybridized carbons (Fsp3) is 0.600. The average Bonchev–Trinajstić information content (AvgIpc) is 2.80. The maximum absolute atomic E-state index is 10.2. The molecule has 0 heterocycles. The van der Waals surface area contributed by atoms with Crippen LogP contribution in [0.25, 0.3) is 0 Å². The molecule has 0 bridgehead atoms. The Morgan fingerprint density at radius 3 is 2.09 bits per heavy atom. The van der Waals surface area contributed by atoms with Gasteiger partial charge in [0.25, 0.3) is 0 Å². The molecule has 0 aromatic heterocycles. The molecular weight excluding hydrogens is 406 g/mol. The molecule has 0 amide bonds. The molecule has 0 spiro atoms. The molecule has 2 aromatic carbocycles. The number of nitrogens with two attached hydrogens (primary N) is 1. The first-order valence-electron chi connectivity index (χ1n) is 13.0. The summed E-state index contributed by atoms with van der Waals surface area (Å²) in [7, 11) is 0. The fourth-order valence-electron chi connectivity index (χ4n) is 4.86. The van der Waals surface area contributed by atoms with Gasteiger partial charge in [0.05, 0.1) is 12.7 Å². The summed E-state index contributed by atoms with van der Waals surface area (Å²) in [5, 5.41) is 10.2. The van der Waals surface area contributed by atoms with Crippen molar-refractivity contribution < 1.29 is 9.84 Å². The van der Waals surface area contributed by atoms with Crippen LogP contribution in [0.1, 0.15) is 94.0 Å². The Morgan fingerprint density at radius 2 is 1.55 bits per heavy atom. The van der Waals surface area contributed by atoms with Gasteiger partial charge in [0.15, 0.2) is 0 Å². The first-order chi connectivity index (χ1) is 15.8. The molecule has 1 atom stereocenters. The molecule has 184 valence electrons. The topological polar surface area (TPSA) is 55.5 Å². The van der Waals surface area contributed by atoms with Crippen LogP contribution in [0.3, 0.4) is 0 Å². The van der Waals surface area contributed by atoms with Crippen molar-refractivity contribution in [2.24, 2.45) is 11.7 Å². The zero-order valence-corrected chi connectivity index (χ0v) is 21.9. The van der Waals surface area contributed by atoms with Gasteiger partial charge in [-0.2, -0.15) is 0 Å². The first kappa shape index (κ1) is 27.4. The molecule has 3 heteroatoms. The highest BCUT2D eigenvalue weighted by Crippen LogP contribution is 2.41. The second-order valence-electron chi connectivity index (χ2n) is 9.96. The lowest BCUT2D eigenvalue weighted by Crippen LogP contribution is -2.26. The van der Waals surface area contributed by atoms with Crippen molar-refractivity contribution in [2.45, 2.75) is 98.0 Å². The van der Waals surface area contributed by atoms with Gasteiger partial charge in [0.1, 0.15) is 5.75 Å². The van der Waals surface area contributed by atoms with Gasteiger partial charge in [-0.05, 0) is 105 Å². The molecule has 0 saturated heterocycles. The van der Waals surface area contributed by atoms with Crippen molar-refractivity contribution in [3.8, 4) is 5.75 Å². The van der Waals surface area contributed by atoms with Crippen molar-refractivity contribution in [3.05, 3.63) is 64.2 Å². The summed E-state index contributed by atoms with van der Waals surface area (Å²) in [6.45, 7) is 14.6. The molecule has 0 radical (unpaired) electrons. The number of hydrogen-bond donors (Lipinski definition) is 2. The van der Waals surface area contributed by atoms with Crippen molar-refractivity contribution in [2.75, 3.05) is 13.2 Å². The lowest BCUT2D eigenvalue weighted by molar-refractivity contribution is 0.116. The molecular formula is C30H47NO2. The fourth-order valence-corrected chi connectivity index (χ4v) is 4.86. The summed E-state index contributed by atoms with van der Waals surface area (Å²) in [5.41, 5.74) is 12.2. The summed E-state index contributed by atoms with van der Waals surface area (Å²) >= 11 is 0. The number of rotatable bonds is 14. The van der Waals surface area contributed by atoms with E-state index in [4.69, 9.17) is 10.5 Å². The lowest BCUT2D eigenvalue weighted by atomic mass is 9.69. The second-order valence-corrected chi connectivity index (χ2v) is 9.96. The van der Waals surface area contributed by atoms with Gasteiger partial charge in [-0.1, -0.05) is 58.0 Å². The zero-order chi connectivity index (χ0) is 24.4. The molecule has 0 aliphatic rings. The minimum absolute atomic E-state index is 0.00878. The van der Waals surface area contributed by atoms with E-state index in [0.717, 1.165) is 63.8 Å². The van der Waals surface area contributed by atoms with E-state index < -0.39 is 0 Å². The number of hydrogen-bond acceptors (Lipinski definition) is 3. The molecule has 2 aromatic rings. The van der Waals surface area contributed by atoms with Gasteiger partial charge < -0.3 is 15.6 Å². The van der Waals surface area contributed by atoms with Crippen LogP contribution >= 0.6 is 0 Å². The quantitative estimate of drug-likeness (QED) is 0.307. The normalized spacial score (nSPS) is 12.9. The number of aliphatic hydroxyl groups is 1. The molecule has 0 aliphatic carbocycles. The molecule has 3 nitrogen and oxygen atoms in total. The minimum atomic E-state index is -0.237. The number of benzene rings is 2.